The van der Waals surface area contributed by atoms with Gasteiger partial charge < -0.3 is 10.6 Å². The molecular weight excluding hydrogens is 276 g/mol. The molecule has 0 fully saturated rings. The zero-order valence-electron chi connectivity index (χ0n) is 11.1. The fourth-order valence-corrected chi connectivity index (χ4v) is 1.85. The maximum Gasteiger partial charge on any atom is 0.271 e. The Balaban J connectivity index is 1.95. The van der Waals surface area contributed by atoms with Crippen LogP contribution in [0.4, 0.5) is 5.82 Å². The molecule has 0 saturated carbocycles. The average Bonchev–Trinajstić information content (AvgIpc) is 2.46. The highest BCUT2D eigenvalue weighted by Crippen LogP contribution is 2.12. The molecule has 0 spiro atoms. The molecule has 0 aliphatic rings. The van der Waals surface area contributed by atoms with Gasteiger partial charge in [0.2, 0.25) is 0 Å². The number of rotatable bonds is 5. The van der Waals surface area contributed by atoms with Gasteiger partial charge in [0.25, 0.3) is 5.91 Å². The summed E-state index contributed by atoms with van der Waals surface area (Å²) in [5.41, 5.74) is 1.35. The second-order valence-corrected chi connectivity index (χ2v) is 4.58. The van der Waals surface area contributed by atoms with Gasteiger partial charge in [-0.1, -0.05) is 23.7 Å². The van der Waals surface area contributed by atoms with E-state index >= 15 is 0 Å². The van der Waals surface area contributed by atoms with Gasteiger partial charge >= 0.3 is 0 Å². The van der Waals surface area contributed by atoms with E-state index in [2.05, 4.69) is 20.8 Å². The van der Waals surface area contributed by atoms with Crippen molar-refractivity contribution in [1.82, 2.24) is 15.5 Å². The van der Waals surface area contributed by atoms with Crippen LogP contribution in [0.15, 0.2) is 36.4 Å². The molecule has 0 radical (unpaired) electrons. The van der Waals surface area contributed by atoms with E-state index in [9.17, 15) is 4.79 Å². The molecule has 0 aliphatic carbocycles. The largest absolute Gasteiger partial charge is 0.365 e. The molecule has 2 N–H and O–H groups in total. The van der Waals surface area contributed by atoms with E-state index in [0.717, 1.165) is 5.56 Å². The normalized spacial score (nSPS) is 10.1. The number of nitrogens with zero attached hydrogens (tertiary/aromatic N) is 2. The van der Waals surface area contributed by atoms with Crippen LogP contribution in [0.25, 0.3) is 0 Å². The van der Waals surface area contributed by atoms with Crippen molar-refractivity contribution in [3.8, 4) is 0 Å². The summed E-state index contributed by atoms with van der Waals surface area (Å²) in [6.07, 6.45) is 0. The Bertz CT molecular complexity index is 586. The van der Waals surface area contributed by atoms with Gasteiger partial charge in [-0.15, -0.1) is 10.2 Å². The highest BCUT2D eigenvalue weighted by atomic mass is 35.5. The Morgan fingerprint density at radius 2 is 2.10 bits per heavy atom. The average molecular weight is 291 g/mol. The predicted molar refractivity (Wildman–Crippen MR) is 78.8 cm³/mol. The lowest BCUT2D eigenvalue weighted by Gasteiger charge is -2.06. The number of anilines is 1. The van der Waals surface area contributed by atoms with E-state index in [4.69, 9.17) is 11.6 Å². The van der Waals surface area contributed by atoms with E-state index < -0.39 is 0 Å². The Morgan fingerprint density at radius 1 is 1.25 bits per heavy atom. The summed E-state index contributed by atoms with van der Waals surface area (Å²) in [6.45, 7) is 3.01. The minimum absolute atomic E-state index is 0.221. The maximum atomic E-state index is 11.5. The summed E-state index contributed by atoms with van der Waals surface area (Å²) in [5, 5.41) is 14.3. The number of hydrogen-bond donors (Lipinski definition) is 2. The quantitative estimate of drug-likeness (QED) is 0.888. The number of hydrogen-bond acceptors (Lipinski definition) is 4. The van der Waals surface area contributed by atoms with Crippen molar-refractivity contribution in [1.29, 1.82) is 0 Å². The van der Waals surface area contributed by atoms with Crippen molar-refractivity contribution in [3.05, 3.63) is 52.7 Å². The molecular formula is C14H15ClN4O. The lowest BCUT2D eigenvalue weighted by Crippen LogP contribution is -2.24. The number of amides is 1. The van der Waals surface area contributed by atoms with Crippen molar-refractivity contribution >= 4 is 23.3 Å². The number of halogens is 1. The summed E-state index contributed by atoms with van der Waals surface area (Å²) < 4.78 is 0. The Labute approximate surface area is 122 Å². The SMILES string of the molecule is CCNC(=O)c1ccc(NCc2cccc(Cl)c2)nn1. The molecule has 0 bridgehead atoms. The summed E-state index contributed by atoms with van der Waals surface area (Å²) in [5.74, 6) is 0.388. The van der Waals surface area contributed by atoms with E-state index in [1.807, 2.05) is 31.2 Å². The van der Waals surface area contributed by atoms with Gasteiger partial charge in [-0.2, -0.15) is 0 Å². The van der Waals surface area contributed by atoms with E-state index in [1.165, 1.54) is 0 Å². The third-order valence-corrected chi connectivity index (χ3v) is 2.83. The second kappa shape index (κ2) is 6.86. The molecule has 0 unspecified atom stereocenters. The molecule has 6 heteroatoms. The molecule has 1 aromatic heterocycles. The highest BCUT2D eigenvalue weighted by Gasteiger charge is 2.06. The maximum absolute atomic E-state index is 11.5. The van der Waals surface area contributed by atoms with Crippen LogP contribution >= 0.6 is 11.6 Å². The number of nitrogens with one attached hydrogen (secondary N) is 2. The molecule has 0 saturated heterocycles. The number of carbonyl (C=O) groups excluding carboxylic acids is 1. The van der Waals surface area contributed by atoms with Gasteiger partial charge in [-0.05, 0) is 36.8 Å². The van der Waals surface area contributed by atoms with Gasteiger partial charge in [0, 0.05) is 18.1 Å². The van der Waals surface area contributed by atoms with Crippen molar-refractivity contribution in [2.24, 2.45) is 0 Å². The number of benzene rings is 1. The lowest BCUT2D eigenvalue weighted by atomic mass is 10.2. The fourth-order valence-electron chi connectivity index (χ4n) is 1.64. The zero-order valence-corrected chi connectivity index (χ0v) is 11.8. The van der Waals surface area contributed by atoms with Gasteiger partial charge in [0.15, 0.2) is 5.69 Å². The lowest BCUT2D eigenvalue weighted by molar-refractivity contribution is 0.0950. The molecule has 2 aromatic rings. The van der Waals surface area contributed by atoms with Gasteiger partial charge in [0.05, 0.1) is 0 Å². The minimum atomic E-state index is -0.221. The van der Waals surface area contributed by atoms with E-state index in [0.29, 0.717) is 29.6 Å². The number of carbonyl (C=O) groups is 1. The third-order valence-electron chi connectivity index (χ3n) is 2.60. The van der Waals surface area contributed by atoms with E-state index in [1.54, 1.807) is 12.1 Å². The second-order valence-electron chi connectivity index (χ2n) is 4.15. The molecule has 1 heterocycles. The Morgan fingerprint density at radius 3 is 2.75 bits per heavy atom. The zero-order chi connectivity index (χ0) is 14.4. The Kier molecular flexibility index (Phi) is 4.90. The topological polar surface area (TPSA) is 66.9 Å². The van der Waals surface area contributed by atoms with Gasteiger partial charge in [-0.3, -0.25) is 4.79 Å². The van der Waals surface area contributed by atoms with Crippen molar-refractivity contribution in [3.63, 3.8) is 0 Å². The number of aromatic nitrogens is 2. The van der Waals surface area contributed by atoms with Gasteiger partial charge in [-0.25, -0.2) is 0 Å². The summed E-state index contributed by atoms with van der Waals surface area (Å²) in [6, 6.07) is 10.9. The predicted octanol–water partition coefficient (Wildman–Crippen LogP) is 2.49. The molecule has 0 atom stereocenters. The van der Waals surface area contributed by atoms with Crippen molar-refractivity contribution in [2.45, 2.75) is 13.5 Å². The standard InChI is InChI=1S/C14H15ClN4O/c1-2-16-14(20)12-6-7-13(19-18-12)17-9-10-4-3-5-11(15)8-10/h3-8H,2,9H2,1H3,(H,16,20)(H,17,19). The van der Waals surface area contributed by atoms with Crippen LogP contribution in [0.2, 0.25) is 5.02 Å². The molecule has 20 heavy (non-hydrogen) atoms. The minimum Gasteiger partial charge on any atom is -0.365 e. The molecule has 1 amide bonds. The first-order valence-electron chi connectivity index (χ1n) is 6.29. The third kappa shape index (κ3) is 3.93. The van der Waals surface area contributed by atoms with Crippen molar-refractivity contribution < 1.29 is 4.79 Å². The fraction of sp³-hybridized carbons (Fsp3) is 0.214. The van der Waals surface area contributed by atoms with Crippen LogP contribution in [0, 0.1) is 0 Å². The molecule has 0 aliphatic heterocycles. The molecule has 2 rings (SSSR count). The molecule has 1 aromatic carbocycles. The van der Waals surface area contributed by atoms with Crippen LogP contribution < -0.4 is 10.6 Å². The monoisotopic (exact) mass is 290 g/mol. The van der Waals surface area contributed by atoms with Gasteiger partial charge in [0.1, 0.15) is 5.82 Å². The van der Waals surface area contributed by atoms with Crippen LogP contribution in [-0.4, -0.2) is 22.6 Å². The van der Waals surface area contributed by atoms with Crippen LogP contribution in [-0.2, 0) is 6.54 Å². The van der Waals surface area contributed by atoms with Crippen LogP contribution in [0.3, 0.4) is 0 Å². The van der Waals surface area contributed by atoms with Crippen LogP contribution in [0.5, 0.6) is 0 Å². The van der Waals surface area contributed by atoms with E-state index in [-0.39, 0.29) is 5.91 Å². The molecule has 104 valence electrons. The first-order chi connectivity index (χ1) is 9.69. The smallest absolute Gasteiger partial charge is 0.271 e. The van der Waals surface area contributed by atoms with Crippen molar-refractivity contribution in [2.75, 3.05) is 11.9 Å². The summed E-state index contributed by atoms with van der Waals surface area (Å²) in [4.78, 5) is 11.5. The molecule has 5 nitrogen and oxygen atoms in total. The Hall–Kier alpha value is -2.14. The van der Waals surface area contributed by atoms with Crippen LogP contribution in [0.1, 0.15) is 23.0 Å². The summed E-state index contributed by atoms with van der Waals surface area (Å²) >= 11 is 5.91. The first kappa shape index (κ1) is 14.3. The highest BCUT2D eigenvalue weighted by molar-refractivity contribution is 6.30. The first-order valence-corrected chi connectivity index (χ1v) is 6.67. The summed E-state index contributed by atoms with van der Waals surface area (Å²) in [7, 11) is 0.